The Labute approximate surface area is 106 Å². The molecule has 3 N–H and O–H groups in total. The van der Waals surface area contributed by atoms with Gasteiger partial charge in [-0.2, -0.15) is 0 Å². The van der Waals surface area contributed by atoms with E-state index in [1.165, 1.54) is 0 Å². The first-order valence-electron chi connectivity index (χ1n) is 6.18. The first kappa shape index (κ1) is 12.7. The van der Waals surface area contributed by atoms with Crippen molar-refractivity contribution in [3.63, 3.8) is 0 Å². The molecule has 1 atom stereocenters. The van der Waals surface area contributed by atoms with Crippen molar-refractivity contribution in [1.82, 2.24) is 5.32 Å². The van der Waals surface area contributed by atoms with Gasteiger partial charge in [-0.25, -0.2) is 0 Å². The number of para-hydroxylation sites is 1. The number of amides is 1. The lowest BCUT2D eigenvalue weighted by Crippen LogP contribution is -2.32. The molecule has 0 radical (unpaired) electrons. The number of carbonyl (C=O) groups is 1. The first-order chi connectivity index (χ1) is 8.72. The average Bonchev–Trinajstić information content (AvgIpc) is 2.43. The molecule has 5 heteroatoms. The molecular weight excluding hydrogens is 232 g/mol. The SMILES string of the molecule is CCC(O)CNC(=O)c1cccc2c1OCCN2. The summed E-state index contributed by atoms with van der Waals surface area (Å²) in [6, 6.07) is 5.41. The molecule has 1 heterocycles. The largest absolute Gasteiger partial charge is 0.489 e. The summed E-state index contributed by atoms with van der Waals surface area (Å²) in [7, 11) is 0. The van der Waals surface area contributed by atoms with Gasteiger partial charge in [-0.15, -0.1) is 0 Å². The van der Waals surface area contributed by atoms with Crippen LogP contribution in [0.2, 0.25) is 0 Å². The Balaban J connectivity index is 2.10. The Morgan fingerprint density at radius 2 is 2.44 bits per heavy atom. The molecule has 0 fully saturated rings. The number of rotatable bonds is 4. The quantitative estimate of drug-likeness (QED) is 0.745. The van der Waals surface area contributed by atoms with Crippen LogP contribution in [0.4, 0.5) is 5.69 Å². The van der Waals surface area contributed by atoms with Crippen molar-refractivity contribution in [3.05, 3.63) is 23.8 Å². The highest BCUT2D eigenvalue weighted by Gasteiger charge is 2.19. The zero-order valence-electron chi connectivity index (χ0n) is 10.4. The highest BCUT2D eigenvalue weighted by Crippen LogP contribution is 2.30. The van der Waals surface area contributed by atoms with Crippen LogP contribution < -0.4 is 15.4 Å². The number of aliphatic hydroxyl groups excluding tert-OH is 1. The summed E-state index contributed by atoms with van der Waals surface area (Å²) in [6.07, 6.45) is 0.109. The van der Waals surface area contributed by atoms with Gasteiger partial charge in [0, 0.05) is 13.1 Å². The molecule has 0 spiro atoms. The highest BCUT2D eigenvalue weighted by atomic mass is 16.5. The summed E-state index contributed by atoms with van der Waals surface area (Å²) in [6.45, 7) is 3.42. The number of anilines is 1. The fourth-order valence-electron chi connectivity index (χ4n) is 1.80. The summed E-state index contributed by atoms with van der Waals surface area (Å²) in [5.74, 6) is 0.371. The maximum absolute atomic E-state index is 12.0. The summed E-state index contributed by atoms with van der Waals surface area (Å²) in [4.78, 5) is 12.0. The van der Waals surface area contributed by atoms with Gasteiger partial charge in [-0.1, -0.05) is 13.0 Å². The standard InChI is InChI=1S/C13H18N2O3/c1-2-9(16)8-15-13(17)10-4-3-5-11-12(10)18-7-6-14-11/h3-5,9,14,16H,2,6-8H2,1H3,(H,15,17). The van der Waals surface area contributed by atoms with Crippen molar-refractivity contribution in [3.8, 4) is 5.75 Å². The molecule has 98 valence electrons. The fourth-order valence-corrected chi connectivity index (χ4v) is 1.80. The molecule has 1 aliphatic rings. The second-order valence-electron chi connectivity index (χ2n) is 4.23. The molecule has 2 rings (SSSR count). The van der Waals surface area contributed by atoms with Crippen LogP contribution in [-0.4, -0.2) is 36.8 Å². The van der Waals surface area contributed by atoms with E-state index in [2.05, 4.69) is 10.6 Å². The molecule has 0 aliphatic carbocycles. The van der Waals surface area contributed by atoms with Crippen molar-refractivity contribution in [1.29, 1.82) is 0 Å². The summed E-state index contributed by atoms with van der Waals surface area (Å²) in [5.41, 5.74) is 1.34. The number of fused-ring (bicyclic) bond motifs is 1. The maximum atomic E-state index is 12.0. The van der Waals surface area contributed by atoms with E-state index in [9.17, 15) is 9.90 Å². The minimum absolute atomic E-state index is 0.219. The summed E-state index contributed by atoms with van der Waals surface area (Å²) in [5, 5.41) is 15.3. The van der Waals surface area contributed by atoms with E-state index in [0.717, 1.165) is 12.2 Å². The Bertz CT molecular complexity index is 434. The van der Waals surface area contributed by atoms with Crippen molar-refractivity contribution in [2.75, 3.05) is 25.0 Å². The number of nitrogens with one attached hydrogen (secondary N) is 2. The van der Waals surface area contributed by atoms with Crippen molar-refractivity contribution in [2.45, 2.75) is 19.4 Å². The minimum atomic E-state index is -0.507. The van der Waals surface area contributed by atoms with Crippen LogP contribution in [0.1, 0.15) is 23.7 Å². The molecule has 0 saturated heterocycles. The monoisotopic (exact) mass is 250 g/mol. The van der Waals surface area contributed by atoms with Gasteiger partial charge in [0.05, 0.1) is 17.4 Å². The van der Waals surface area contributed by atoms with Gasteiger partial charge >= 0.3 is 0 Å². The minimum Gasteiger partial charge on any atom is -0.489 e. The summed E-state index contributed by atoms with van der Waals surface area (Å²) >= 11 is 0. The molecule has 1 amide bonds. The van der Waals surface area contributed by atoms with Crippen molar-refractivity contribution in [2.24, 2.45) is 0 Å². The number of carbonyl (C=O) groups excluding carboxylic acids is 1. The third-order valence-electron chi connectivity index (χ3n) is 2.89. The molecule has 0 saturated carbocycles. The average molecular weight is 250 g/mol. The van der Waals surface area contributed by atoms with Gasteiger partial charge in [-0.05, 0) is 18.6 Å². The van der Waals surface area contributed by atoms with Crippen molar-refractivity contribution >= 4 is 11.6 Å². The zero-order valence-corrected chi connectivity index (χ0v) is 10.4. The molecule has 1 aromatic rings. The molecule has 0 aromatic heterocycles. The van der Waals surface area contributed by atoms with Gasteiger partial charge < -0.3 is 20.5 Å². The lowest BCUT2D eigenvalue weighted by Gasteiger charge is -2.21. The van der Waals surface area contributed by atoms with Crippen LogP contribution in [0.25, 0.3) is 0 Å². The number of ether oxygens (including phenoxy) is 1. The van der Waals surface area contributed by atoms with Crippen LogP contribution in [0.15, 0.2) is 18.2 Å². The lowest BCUT2D eigenvalue weighted by atomic mass is 10.1. The predicted molar refractivity (Wildman–Crippen MR) is 69.1 cm³/mol. The van der Waals surface area contributed by atoms with Crippen LogP contribution in [0.3, 0.4) is 0 Å². The van der Waals surface area contributed by atoms with Gasteiger partial charge in [0.1, 0.15) is 6.61 Å². The molecule has 5 nitrogen and oxygen atoms in total. The van der Waals surface area contributed by atoms with Crippen LogP contribution in [0.5, 0.6) is 5.75 Å². The highest BCUT2D eigenvalue weighted by molar-refractivity contribution is 5.99. The van der Waals surface area contributed by atoms with Gasteiger partial charge in [0.25, 0.3) is 5.91 Å². The van der Waals surface area contributed by atoms with E-state index < -0.39 is 6.10 Å². The maximum Gasteiger partial charge on any atom is 0.255 e. The van der Waals surface area contributed by atoms with E-state index >= 15 is 0 Å². The smallest absolute Gasteiger partial charge is 0.255 e. The van der Waals surface area contributed by atoms with E-state index in [4.69, 9.17) is 4.74 Å². The van der Waals surface area contributed by atoms with Gasteiger partial charge in [0.2, 0.25) is 0 Å². The predicted octanol–water partition coefficient (Wildman–Crippen LogP) is 0.992. The van der Waals surface area contributed by atoms with E-state index in [0.29, 0.717) is 24.3 Å². The topological polar surface area (TPSA) is 70.6 Å². The second-order valence-corrected chi connectivity index (χ2v) is 4.23. The second kappa shape index (κ2) is 5.73. The van der Waals surface area contributed by atoms with E-state index in [-0.39, 0.29) is 12.5 Å². The molecule has 1 aliphatic heterocycles. The number of hydrogen-bond donors (Lipinski definition) is 3. The third-order valence-corrected chi connectivity index (χ3v) is 2.89. The Hall–Kier alpha value is -1.75. The Kier molecular flexibility index (Phi) is 4.04. The number of benzene rings is 1. The fraction of sp³-hybridized carbons (Fsp3) is 0.462. The summed E-state index contributed by atoms with van der Waals surface area (Å²) < 4.78 is 5.52. The number of hydrogen-bond acceptors (Lipinski definition) is 4. The molecule has 1 unspecified atom stereocenters. The molecule has 18 heavy (non-hydrogen) atoms. The molecule has 1 aromatic carbocycles. The first-order valence-corrected chi connectivity index (χ1v) is 6.18. The lowest BCUT2D eigenvalue weighted by molar-refractivity contribution is 0.0910. The van der Waals surface area contributed by atoms with Crippen LogP contribution in [-0.2, 0) is 0 Å². The molecule has 0 bridgehead atoms. The zero-order chi connectivity index (χ0) is 13.0. The van der Waals surface area contributed by atoms with Gasteiger partial charge in [-0.3, -0.25) is 4.79 Å². The van der Waals surface area contributed by atoms with Gasteiger partial charge in [0.15, 0.2) is 5.75 Å². The molecular formula is C13H18N2O3. The number of aliphatic hydroxyl groups is 1. The van der Waals surface area contributed by atoms with Crippen LogP contribution >= 0.6 is 0 Å². The Morgan fingerprint density at radius 1 is 1.61 bits per heavy atom. The normalized spacial score (nSPS) is 15.0. The third kappa shape index (κ3) is 2.73. The van der Waals surface area contributed by atoms with Crippen molar-refractivity contribution < 1.29 is 14.6 Å². The van der Waals surface area contributed by atoms with E-state index in [1.54, 1.807) is 6.07 Å². The van der Waals surface area contributed by atoms with Crippen LogP contribution in [0, 0.1) is 0 Å². The van der Waals surface area contributed by atoms with E-state index in [1.807, 2.05) is 19.1 Å². The Morgan fingerprint density at radius 3 is 3.22 bits per heavy atom.